The van der Waals surface area contributed by atoms with E-state index in [2.05, 4.69) is 9.71 Å². The highest BCUT2D eigenvalue weighted by Crippen LogP contribution is 2.36. The Morgan fingerprint density at radius 3 is 2.68 bits per heavy atom. The van der Waals surface area contributed by atoms with Crippen molar-refractivity contribution in [2.75, 3.05) is 4.72 Å². The fourth-order valence-electron chi connectivity index (χ4n) is 3.65. The summed E-state index contributed by atoms with van der Waals surface area (Å²) in [5.74, 6) is -0.294. The Labute approximate surface area is 220 Å². The van der Waals surface area contributed by atoms with Crippen LogP contribution in [0.1, 0.15) is 35.8 Å². The van der Waals surface area contributed by atoms with E-state index in [1.54, 1.807) is 0 Å². The van der Waals surface area contributed by atoms with Crippen LogP contribution in [0.5, 0.6) is 0 Å². The van der Waals surface area contributed by atoms with Crippen LogP contribution >= 0.6 is 23.2 Å². The summed E-state index contributed by atoms with van der Waals surface area (Å²) >= 11 is 11.6. The highest BCUT2D eigenvalue weighted by atomic mass is 35.5. The monoisotopic (exact) mass is 571 g/mol. The summed E-state index contributed by atoms with van der Waals surface area (Å²) in [5.41, 5.74) is -0.116. The number of ether oxygens (including phenoxy) is 1. The number of benzene rings is 1. The summed E-state index contributed by atoms with van der Waals surface area (Å²) in [6.45, 7) is 1.91. The molecule has 1 aliphatic carbocycles. The fraction of sp³-hybridized carbons (Fsp3) is 0.167. The molecular weight excluding hydrogens is 554 g/mol. The average molecular weight is 572 g/mol. The quantitative estimate of drug-likeness (QED) is 0.433. The van der Waals surface area contributed by atoms with E-state index >= 15 is 0 Å². The van der Waals surface area contributed by atoms with Gasteiger partial charge in [-0.3, -0.25) is 14.4 Å². The van der Waals surface area contributed by atoms with Crippen molar-refractivity contribution >= 4 is 44.8 Å². The number of nitrogens with one attached hydrogen (secondary N) is 1. The third-order valence-electron chi connectivity index (χ3n) is 5.46. The highest BCUT2D eigenvalue weighted by molar-refractivity contribution is 7.92. The third-order valence-corrected chi connectivity index (χ3v) is 7.36. The predicted octanol–water partition coefficient (Wildman–Crippen LogP) is 6.66. The number of carbonyl (C=O) groups excluding carboxylic acids is 1. The fourth-order valence-corrected chi connectivity index (χ4v) is 5.12. The molecule has 2 heterocycles. The van der Waals surface area contributed by atoms with Crippen LogP contribution in [0.3, 0.4) is 0 Å². The van der Waals surface area contributed by atoms with Gasteiger partial charge in [-0.2, -0.15) is 13.2 Å². The molecule has 1 aromatic heterocycles. The number of anilines is 1. The summed E-state index contributed by atoms with van der Waals surface area (Å²) < 4.78 is 73.4. The Hall–Kier alpha value is -3.28. The largest absolute Gasteiger partial charge is 0.462 e. The van der Waals surface area contributed by atoms with E-state index in [1.807, 2.05) is 19.1 Å². The Bertz CT molecular complexity index is 1500. The molecule has 2 aliphatic rings. The topological polar surface area (TPSA) is 88.6 Å². The molecule has 0 saturated carbocycles. The Kier molecular flexibility index (Phi) is 7.40. The zero-order valence-corrected chi connectivity index (χ0v) is 21.3. The lowest BCUT2D eigenvalue weighted by Gasteiger charge is -2.23. The SMILES string of the molecule is CC1=C(C2=CN(C(=O)c3ncc(Cl)cc3NS(=O)(=O)c3ccc(Cl)c(C(F)(F)F)c3)C=CO2)CCC=C1. The van der Waals surface area contributed by atoms with E-state index in [4.69, 9.17) is 27.9 Å². The molecule has 0 unspecified atom stereocenters. The molecule has 0 fully saturated rings. The summed E-state index contributed by atoms with van der Waals surface area (Å²) in [5, 5.41) is -0.669. The van der Waals surface area contributed by atoms with Crippen LogP contribution < -0.4 is 4.72 Å². The van der Waals surface area contributed by atoms with E-state index in [-0.39, 0.29) is 16.4 Å². The molecule has 0 atom stereocenters. The predicted molar refractivity (Wildman–Crippen MR) is 132 cm³/mol. The molecule has 1 amide bonds. The van der Waals surface area contributed by atoms with Crippen LogP contribution in [0.15, 0.2) is 83.1 Å². The van der Waals surface area contributed by atoms with Crippen LogP contribution in [0.2, 0.25) is 10.0 Å². The minimum absolute atomic E-state index is 0.00939. The van der Waals surface area contributed by atoms with Gasteiger partial charge >= 0.3 is 6.18 Å². The molecule has 1 N–H and O–H groups in total. The zero-order valence-electron chi connectivity index (χ0n) is 19.0. The lowest BCUT2D eigenvalue weighted by Crippen LogP contribution is -2.26. The molecule has 13 heteroatoms. The number of hydrogen-bond donors (Lipinski definition) is 1. The van der Waals surface area contributed by atoms with E-state index in [9.17, 15) is 26.4 Å². The number of pyridine rings is 1. The number of alkyl halides is 3. The number of amides is 1. The molecule has 0 saturated heterocycles. The highest BCUT2D eigenvalue weighted by Gasteiger charge is 2.35. The number of nitrogens with zero attached hydrogens (tertiary/aromatic N) is 2. The number of aromatic nitrogens is 1. The first-order valence-corrected chi connectivity index (χ1v) is 12.9. The molecule has 0 spiro atoms. The van der Waals surface area contributed by atoms with Crippen LogP contribution in [0, 0.1) is 0 Å². The van der Waals surface area contributed by atoms with E-state index < -0.39 is 37.6 Å². The van der Waals surface area contributed by atoms with Gasteiger partial charge in [-0.1, -0.05) is 35.4 Å². The van der Waals surface area contributed by atoms with Crippen molar-refractivity contribution in [3.05, 3.63) is 99.5 Å². The Morgan fingerprint density at radius 1 is 1.22 bits per heavy atom. The van der Waals surface area contributed by atoms with Gasteiger partial charge in [0.2, 0.25) is 0 Å². The number of halogens is 5. The van der Waals surface area contributed by atoms with E-state index in [0.29, 0.717) is 18.2 Å². The molecule has 0 bridgehead atoms. The van der Waals surface area contributed by atoms with Crippen LogP contribution in [-0.2, 0) is 20.9 Å². The molecule has 1 aliphatic heterocycles. The second kappa shape index (κ2) is 10.2. The second-order valence-corrected chi connectivity index (χ2v) is 10.5. The summed E-state index contributed by atoms with van der Waals surface area (Å²) in [7, 11) is -4.60. The van der Waals surface area contributed by atoms with E-state index in [0.717, 1.165) is 46.9 Å². The summed E-state index contributed by atoms with van der Waals surface area (Å²) in [4.78, 5) is 17.8. The van der Waals surface area contributed by atoms with Crippen molar-refractivity contribution in [2.24, 2.45) is 0 Å². The molecule has 4 rings (SSSR count). The number of allylic oxidation sites excluding steroid dienone is 4. The first-order chi connectivity index (χ1) is 17.4. The van der Waals surface area contributed by atoms with Gasteiger partial charge in [-0.15, -0.1) is 0 Å². The zero-order chi connectivity index (χ0) is 27.0. The Balaban J connectivity index is 1.68. The molecule has 2 aromatic rings. The maximum absolute atomic E-state index is 13.3. The van der Waals surface area contributed by atoms with Crippen LogP contribution in [-0.4, -0.2) is 24.2 Å². The number of carbonyl (C=O) groups is 1. The van der Waals surface area contributed by atoms with Crippen molar-refractivity contribution in [2.45, 2.75) is 30.8 Å². The number of rotatable bonds is 5. The van der Waals surface area contributed by atoms with E-state index in [1.165, 1.54) is 18.7 Å². The maximum Gasteiger partial charge on any atom is 0.417 e. The third kappa shape index (κ3) is 5.84. The second-order valence-electron chi connectivity index (χ2n) is 8.01. The minimum atomic E-state index is -4.88. The number of hydrogen-bond acceptors (Lipinski definition) is 5. The summed E-state index contributed by atoms with van der Waals surface area (Å²) in [6, 6.07) is 3.27. The van der Waals surface area contributed by atoms with Gasteiger partial charge in [0.1, 0.15) is 12.0 Å². The van der Waals surface area contributed by atoms with Gasteiger partial charge in [0, 0.05) is 12.4 Å². The van der Waals surface area contributed by atoms with Gasteiger partial charge in [-0.05, 0) is 55.2 Å². The van der Waals surface area contributed by atoms with Gasteiger partial charge in [0.05, 0.1) is 32.4 Å². The Morgan fingerprint density at radius 2 is 1.97 bits per heavy atom. The van der Waals surface area contributed by atoms with Crippen molar-refractivity contribution in [1.29, 1.82) is 0 Å². The standard InChI is InChI=1S/C24H18Cl2F3N3O4S/c1-14-4-2-3-5-17(14)21-13-32(8-9-36-21)23(33)22-20(10-15(25)12-30-22)31-37(34,35)16-6-7-19(26)18(11-16)24(27,28)29/h2,4,6-13,31H,3,5H2,1H3. The van der Waals surface area contributed by atoms with Crippen molar-refractivity contribution < 1.29 is 31.1 Å². The lowest BCUT2D eigenvalue weighted by atomic mass is 9.97. The molecule has 0 radical (unpaired) electrons. The van der Waals surface area contributed by atoms with Gasteiger partial charge < -0.3 is 4.74 Å². The first-order valence-electron chi connectivity index (χ1n) is 10.7. The maximum atomic E-state index is 13.3. The smallest absolute Gasteiger partial charge is 0.417 e. The lowest BCUT2D eigenvalue weighted by molar-refractivity contribution is -0.137. The van der Waals surface area contributed by atoms with Crippen molar-refractivity contribution in [1.82, 2.24) is 9.88 Å². The van der Waals surface area contributed by atoms with Gasteiger partial charge in [-0.25, -0.2) is 13.4 Å². The minimum Gasteiger partial charge on any atom is -0.462 e. The summed E-state index contributed by atoms with van der Waals surface area (Å²) in [6.07, 6.45) is 5.81. The molecule has 194 valence electrons. The first kappa shape index (κ1) is 26.8. The molecule has 37 heavy (non-hydrogen) atoms. The average Bonchev–Trinajstić information content (AvgIpc) is 2.83. The van der Waals surface area contributed by atoms with Gasteiger partial charge in [0.25, 0.3) is 15.9 Å². The molecule has 7 nitrogen and oxygen atoms in total. The van der Waals surface area contributed by atoms with Crippen molar-refractivity contribution in [3.8, 4) is 0 Å². The van der Waals surface area contributed by atoms with Crippen LogP contribution in [0.4, 0.5) is 18.9 Å². The number of sulfonamides is 1. The van der Waals surface area contributed by atoms with Gasteiger partial charge in [0.15, 0.2) is 5.69 Å². The van der Waals surface area contributed by atoms with Crippen molar-refractivity contribution in [3.63, 3.8) is 0 Å². The molecular formula is C24H18Cl2F3N3O4S. The molecule has 1 aromatic carbocycles. The van der Waals surface area contributed by atoms with Crippen LogP contribution in [0.25, 0.3) is 0 Å². The normalized spacial score (nSPS) is 15.9.